The van der Waals surface area contributed by atoms with Gasteiger partial charge in [0.05, 0.1) is 6.54 Å². The Balaban J connectivity index is 1.67. The molecule has 0 amide bonds. The van der Waals surface area contributed by atoms with Crippen molar-refractivity contribution in [3.05, 3.63) is 0 Å². The average molecular weight is 306 g/mol. The lowest BCUT2D eigenvalue weighted by Crippen LogP contribution is -2.53. The maximum absolute atomic E-state index is 3.32. The molecule has 0 N–H and O–H groups in total. The van der Waals surface area contributed by atoms with Crippen molar-refractivity contribution in [3.8, 4) is 11.8 Å². The highest BCUT2D eigenvalue weighted by Crippen LogP contribution is 2.19. The van der Waals surface area contributed by atoms with Crippen molar-refractivity contribution in [1.82, 2.24) is 14.7 Å². The first-order valence-electron chi connectivity index (χ1n) is 9.21. The summed E-state index contributed by atoms with van der Waals surface area (Å²) in [5, 5.41) is 0. The lowest BCUT2D eigenvalue weighted by molar-refractivity contribution is 0.0610. The van der Waals surface area contributed by atoms with Gasteiger partial charge < -0.3 is 4.90 Å². The van der Waals surface area contributed by atoms with E-state index in [4.69, 9.17) is 0 Å². The van der Waals surface area contributed by atoms with Crippen LogP contribution in [0.3, 0.4) is 0 Å². The summed E-state index contributed by atoms with van der Waals surface area (Å²) in [5.41, 5.74) is 0. The van der Waals surface area contributed by atoms with Gasteiger partial charge in [0.25, 0.3) is 0 Å². The van der Waals surface area contributed by atoms with Crippen LogP contribution in [0.5, 0.6) is 0 Å². The molecule has 2 saturated heterocycles. The summed E-state index contributed by atoms with van der Waals surface area (Å²) in [5.74, 6) is 7.90. The number of likely N-dealkylation sites (tertiary alicyclic amines) is 1. The molecule has 2 rings (SSSR count). The molecule has 0 aromatic carbocycles. The molecule has 2 heterocycles. The lowest BCUT2D eigenvalue weighted by atomic mass is 10.0. The minimum Gasteiger partial charge on any atom is -0.303 e. The fraction of sp³-hybridized carbons (Fsp3) is 0.895. The van der Waals surface area contributed by atoms with Crippen LogP contribution < -0.4 is 0 Å². The van der Waals surface area contributed by atoms with Crippen LogP contribution in [0.4, 0.5) is 0 Å². The molecule has 126 valence electrons. The molecular weight excluding hydrogens is 270 g/mol. The van der Waals surface area contributed by atoms with Crippen molar-refractivity contribution in [1.29, 1.82) is 0 Å². The highest BCUT2D eigenvalue weighted by molar-refractivity contribution is 5.03. The fourth-order valence-electron chi connectivity index (χ4n) is 3.63. The Hall–Kier alpha value is -0.560. The lowest BCUT2D eigenvalue weighted by Gasteiger charge is -2.42. The number of piperazine rings is 1. The highest BCUT2D eigenvalue weighted by Gasteiger charge is 2.27. The van der Waals surface area contributed by atoms with Gasteiger partial charge >= 0.3 is 0 Å². The maximum atomic E-state index is 3.32. The summed E-state index contributed by atoms with van der Waals surface area (Å²) < 4.78 is 0. The first-order valence-corrected chi connectivity index (χ1v) is 9.21. The SMILES string of the molecule is CC(C)C#CCN1CCN(C2CCN(CC(C)C)CC2)CC1. The molecule has 0 unspecified atom stereocenters. The van der Waals surface area contributed by atoms with E-state index in [1.807, 2.05) is 0 Å². The van der Waals surface area contributed by atoms with Crippen LogP contribution in [0, 0.1) is 23.7 Å². The summed E-state index contributed by atoms with van der Waals surface area (Å²) in [6, 6.07) is 0.826. The first-order chi connectivity index (χ1) is 10.5. The van der Waals surface area contributed by atoms with E-state index in [-0.39, 0.29) is 0 Å². The summed E-state index contributed by atoms with van der Waals surface area (Å²) in [7, 11) is 0. The number of hydrogen-bond acceptors (Lipinski definition) is 3. The molecule has 2 aliphatic rings. The second kappa shape index (κ2) is 8.91. The zero-order valence-corrected chi connectivity index (χ0v) is 15.1. The third-order valence-electron chi connectivity index (χ3n) is 4.80. The Bertz CT molecular complexity index is 364. The monoisotopic (exact) mass is 305 g/mol. The summed E-state index contributed by atoms with van der Waals surface area (Å²) in [6.45, 7) is 18.7. The molecule has 22 heavy (non-hydrogen) atoms. The van der Waals surface area contributed by atoms with Gasteiger partial charge in [0.15, 0.2) is 0 Å². The van der Waals surface area contributed by atoms with Crippen LogP contribution in [-0.2, 0) is 0 Å². The molecule has 2 fully saturated rings. The van der Waals surface area contributed by atoms with Crippen LogP contribution >= 0.6 is 0 Å². The average Bonchev–Trinajstić information content (AvgIpc) is 2.48. The Kier molecular flexibility index (Phi) is 7.21. The predicted octanol–water partition coefficient (Wildman–Crippen LogP) is 2.38. The minimum absolute atomic E-state index is 0.498. The minimum atomic E-state index is 0.498. The van der Waals surface area contributed by atoms with Gasteiger partial charge in [-0.15, -0.1) is 0 Å². The van der Waals surface area contributed by atoms with Crippen LogP contribution in [0.15, 0.2) is 0 Å². The topological polar surface area (TPSA) is 9.72 Å². The van der Waals surface area contributed by atoms with Crippen molar-refractivity contribution in [3.63, 3.8) is 0 Å². The van der Waals surface area contributed by atoms with Gasteiger partial charge in [-0.2, -0.15) is 0 Å². The molecule has 0 bridgehead atoms. The number of piperidine rings is 1. The normalized spacial score (nSPS) is 23.0. The van der Waals surface area contributed by atoms with Gasteiger partial charge in [-0.25, -0.2) is 0 Å². The third-order valence-corrected chi connectivity index (χ3v) is 4.80. The molecular formula is C19H35N3. The molecule has 0 spiro atoms. The van der Waals surface area contributed by atoms with E-state index < -0.39 is 0 Å². The second-order valence-electron chi connectivity index (χ2n) is 7.71. The Morgan fingerprint density at radius 3 is 2.05 bits per heavy atom. The Morgan fingerprint density at radius 1 is 0.864 bits per heavy atom. The quantitative estimate of drug-likeness (QED) is 0.739. The van der Waals surface area contributed by atoms with Crippen molar-refractivity contribution in [2.75, 3.05) is 52.4 Å². The van der Waals surface area contributed by atoms with Crippen molar-refractivity contribution in [2.24, 2.45) is 11.8 Å². The zero-order valence-electron chi connectivity index (χ0n) is 15.1. The predicted molar refractivity (Wildman–Crippen MR) is 94.9 cm³/mol. The van der Waals surface area contributed by atoms with Crippen LogP contribution in [0.1, 0.15) is 40.5 Å². The molecule has 0 radical (unpaired) electrons. The second-order valence-corrected chi connectivity index (χ2v) is 7.71. The largest absolute Gasteiger partial charge is 0.303 e. The Labute approximate surface area is 138 Å². The molecule has 0 atom stereocenters. The van der Waals surface area contributed by atoms with Gasteiger partial charge in [-0.1, -0.05) is 39.5 Å². The molecule has 0 aliphatic carbocycles. The molecule has 0 saturated carbocycles. The summed E-state index contributed by atoms with van der Waals surface area (Å²) >= 11 is 0. The van der Waals surface area contributed by atoms with E-state index in [9.17, 15) is 0 Å². The fourth-order valence-corrected chi connectivity index (χ4v) is 3.63. The molecule has 3 nitrogen and oxygen atoms in total. The van der Waals surface area contributed by atoms with Crippen LogP contribution in [0.25, 0.3) is 0 Å². The van der Waals surface area contributed by atoms with E-state index in [2.05, 4.69) is 54.2 Å². The van der Waals surface area contributed by atoms with Gasteiger partial charge in [0, 0.05) is 44.7 Å². The molecule has 0 aromatic rings. The summed E-state index contributed by atoms with van der Waals surface area (Å²) in [6.07, 6.45) is 2.72. The van der Waals surface area contributed by atoms with Gasteiger partial charge in [-0.05, 0) is 31.8 Å². The van der Waals surface area contributed by atoms with Crippen LogP contribution in [-0.4, -0.2) is 73.1 Å². The standard InChI is InChI=1S/C19H35N3/c1-17(2)6-5-9-20-12-14-22(15-13-20)19-7-10-21(11-8-19)16-18(3)4/h17-19H,7-16H2,1-4H3. The van der Waals surface area contributed by atoms with E-state index in [0.29, 0.717) is 5.92 Å². The van der Waals surface area contributed by atoms with Gasteiger partial charge in [0.1, 0.15) is 0 Å². The summed E-state index contributed by atoms with van der Waals surface area (Å²) in [4.78, 5) is 7.90. The maximum Gasteiger partial charge on any atom is 0.0602 e. The smallest absolute Gasteiger partial charge is 0.0602 e. The van der Waals surface area contributed by atoms with Gasteiger partial charge in [0.2, 0.25) is 0 Å². The van der Waals surface area contributed by atoms with Gasteiger partial charge in [-0.3, -0.25) is 9.80 Å². The van der Waals surface area contributed by atoms with E-state index >= 15 is 0 Å². The van der Waals surface area contributed by atoms with Crippen molar-refractivity contribution < 1.29 is 0 Å². The number of hydrogen-bond donors (Lipinski definition) is 0. The van der Waals surface area contributed by atoms with E-state index in [0.717, 1.165) is 18.5 Å². The third kappa shape index (κ3) is 5.91. The number of nitrogens with zero attached hydrogens (tertiary/aromatic N) is 3. The zero-order chi connectivity index (χ0) is 15.9. The highest BCUT2D eigenvalue weighted by atomic mass is 15.3. The number of rotatable bonds is 4. The van der Waals surface area contributed by atoms with E-state index in [1.165, 1.54) is 58.7 Å². The van der Waals surface area contributed by atoms with Crippen molar-refractivity contribution >= 4 is 0 Å². The van der Waals surface area contributed by atoms with Crippen molar-refractivity contribution in [2.45, 2.75) is 46.6 Å². The van der Waals surface area contributed by atoms with Crippen LogP contribution in [0.2, 0.25) is 0 Å². The molecule has 0 aromatic heterocycles. The first kappa shape index (κ1) is 17.8. The molecule has 3 heteroatoms. The van der Waals surface area contributed by atoms with E-state index in [1.54, 1.807) is 0 Å². The Morgan fingerprint density at radius 2 is 1.50 bits per heavy atom. The molecule has 2 aliphatic heterocycles.